The number of aryl methyl sites for hydroxylation is 1. The Balaban J connectivity index is 1.68. The van der Waals surface area contributed by atoms with E-state index in [0.717, 1.165) is 26.5 Å². The number of carbonyl (C=O) groups is 3. The summed E-state index contributed by atoms with van der Waals surface area (Å²) in [6, 6.07) is 16.5. The summed E-state index contributed by atoms with van der Waals surface area (Å²) >= 11 is 0. The third-order valence-corrected chi connectivity index (χ3v) is 4.40. The number of hydrogen-bond donors (Lipinski definition) is 0. The molecule has 2 aromatic rings. The van der Waals surface area contributed by atoms with Gasteiger partial charge < -0.3 is 0 Å². The summed E-state index contributed by atoms with van der Waals surface area (Å²) in [6.07, 6.45) is 0. The summed E-state index contributed by atoms with van der Waals surface area (Å²) in [5, 5.41) is 0. The van der Waals surface area contributed by atoms with Gasteiger partial charge in [-0.25, -0.2) is 9.69 Å². The van der Waals surface area contributed by atoms with Crippen LogP contribution in [0.3, 0.4) is 0 Å². The summed E-state index contributed by atoms with van der Waals surface area (Å²) in [7, 11) is 1.82. The van der Waals surface area contributed by atoms with E-state index in [1.54, 1.807) is 0 Å². The maximum absolute atomic E-state index is 12.6. The Hall–Kier alpha value is -2.99. The van der Waals surface area contributed by atoms with Crippen LogP contribution in [0.5, 0.6) is 0 Å². The summed E-state index contributed by atoms with van der Waals surface area (Å²) in [5.41, 5.74) is 3.05. The predicted molar refractivity (Wildman–Crippen MR) is 96.7 cm³/mol. The van der Waals surface area contributed by atoms with Gasteiger partial charge in [-0.1, -0.05) is 54.6 Å². The van der Waals surface area contributed by atoms with Crippen LogP contribution in [0.4, 0.5) is 4.79 Å². The minimum Gasteiger partial charge on any atom is -0.284 e. The van der Waals surface area contributed by atoms with Crippen LogP contribution < -0.4 is 0 Å². The fourth-order valence-electron chi connectivity index (χ4n) is 2.95. The number of nitrogens with zero attached hydrogens (tertiary/aromatic N) is 3. The van der Waals surface area contributed by atoms with E-state index in [4.69, 9.17) is 0 Å². The summed E-state index contributed by atoms with van der Waals surface area (Å²) in [6.45, 7) is 2.77. The van der Waals surface area contributed by atoms with Crippen LogP contribution in [0.1, 0.15) is 16.7 Å². The topological polar surface area (TPSA) is 60.9 Å². The second kappa shape index (κ2) is 7.49. The largest absolute Gasteiger partial charge is 0.335 e. The molecule has 4 amide bonds. The molecule has 0 bridgehead atoms. The molecule has 6 nitrogen and oxygen atoms in total. The fraction of sp³-hybridized carbons (Fsp3) is 0.250. The average Bonchev–Trinajstić information content (AvgIpc) is 2.83. The van der Waals surface area contributed by atoms with Crippen LogP contribution >= 0.6 is 0 Å². The third-order valence-electron chi connectivity index (χ3n) is 4.40. The van der Waals surface area contributed by atoms with Gasteiger partial charge in [-0.2, -0.15) is 0 Å². The zero-order chi connectivity index (χ0) is 18.7. The molecule has 0 aromatic heterocycles. The number of urea groups is 1. The van der Waals surface area contributed by atoms with Gasteiger partial charge in [-0.05, 0) is 30.7 Å². The van der Waals surface area contributed by atoms with E-state index in [1.165, 1.54) is 0 Å². The molecule has 1 aliphatic heterocycles. The van der Waals surface area contributed by atoms with Crippen LogP contribution in [0.2, 0.25) is 0 Å². The Morgan fingerprint density at radius 3 is 2.15 bits per heavy atom. The third kappa shape index (κ3) is 3.65. The van der Waals surface area contributed by atoms with Crippen LogP contribution in [0.25, 0.3) is 0 Å². The first-order valence-electron chi connectivity index (χ1n) is 8.41. The highest BCUT2D eigenvalue weighted by Gasteiger charge is 2.44. The standard InChI is InChI=1S/C20H21N3O3/c1-15-8-6-7-11-17(15)13-21(2)14-23-19(25)18(24)22(20(23)26)12-16-9-4-3-5-10-16/h3-11H,12-14H2,1-2H3. The SMILES string of the molecule is Cc1ccccc1CN(C)CN1C(=O)C(=O)N(Cc2ccccc2)C1=O. The van der Waals surface area contributed by atoms with Gasteiger partial charge in [0.15, 0.2) is 0 Å². The number of imide groups is 2. The number of hydrogen-bond acceptors (Lipinski definition) is 4. The highest BCUT2D eigenvalue weighted by atomic mass is 16.2. The van der Waals surface area contributed by atoms with Crippen LogP contribution in [-0.4, -0.2) is 46.3 Å². The van der Waals surface area contributed by atoms with Gasteiger partial charge in [-0.3, -0.25) is 19.4 Å². The Labute approximate surface area is 152 Å². The number of carbonyl (C=O) groups excluding carboxylic acids is 3. The van der Waals surface area contributed by atoms with Gasteiger partial charge >= 0.3 is 17.8 Å². The minimum atomic E-state index is -0.775. The molecule has 0 unspecified atom stereocenters. The smallest absolute Gasteiger partial charge is 0.284 e. The normalized spacial score (nSPS) is 14.7. The van der Waals surface area contributed by atoms with Crippen LogP contribution in [0, 0.1) is 6.92 Å². The monoisotopic (exact) mass is 351 g/mol. The molecule has 0 aliphatic carbocycles. The molecule has 0 spiro atoms. The van der Waals surface area contributed by atoms with Crippen LogP contribution in [0.15, 0.2) is 54.6 Å². The molecule has 26 heavy (non-hydrogen) atoms. The zero-order valence-corrected chi connectivity index (χ0v) is 14.9. The highest BCUT2D eigenvalue weighted by molar-refractivity contribution is 6.44. The van der Waals surface area contributed by atoms with E-state index in [-0.39, 0.29) is 13.2 Å². The maximum atomic E-state index is 12.6. The summed E-state index contributed by atoms with van der Waals surface area (Å²) < 4.78 is 0. The summed E-state index contributed by atoms with van der Waals surface area (Å²) in [4.78, 5) is 40.9. The molecular weight excluding hydrogens is 330 g/mol. The first-order valence-corrected chi connectivity index (χ1v) is 8.41. The molecule has 1 fully saturated rings. The van der Waals surface area contributed by atoms with Crippen LogP contribution in [-0.2, 0) is 22.7 Å². The van der Waals surface area contributed by atoms with Crippen molar-refractivity contribution in [3.8, 4) is 0 Å². The molecule has 134 valence electrons. The van der Waals surface area contributed by atoms with Gasteiger partial charge in [0.1, 0.15) is 0 Å². The molecule has 2 aromatic carbocycles. The lowest BCUT2D eigenvalue weighted by atomic mass is 10.1. The molecule has 6 heteroatoms. The van der Waals surface area contributed by atoms with E-state index in [2.05, 4.69) is 0 Å². The van der Waals surface area contributed by atoms with E-state index < -0.39 is 17.8 Å². The van der Waals surface area contributed by atoms with Crippen molar-refractivity contribution in [3.63, 3.8) is 0 Å². The lowest BCUT2D eigenvalue weighted by molar-refractivity contribution is -0.144. The Morgan fingerprint density at radius 2 is 1.46 bits per heavy atom. The van der Waals surface area contributed by atoms with Crippen molar-refractivity contribution >= 4 is 17.8 Å². The van der Waals surface area contributed by atoms with Crippen molar-refractivity contribution in [1.29, 1.82) is 0 Å². The molecule has 1 aliphatic rings. The molecule has 1 heterocycles. The van der Waals surface area contributed by atoms with Gasteiger partial charge in [0, 0.05) is 6.54 Å². The van der Waals surface area contributed by atoms with E-state index >= 15 is 0 Å². The van der Waals surface area contributed by atoms with Crippen molar-refractivity contribution in [2.24, 2.45) is 0 Å². The lowest BCUT2D eigenvalue weighted by Gasteiger charge is -2.23. The lowest BCUT2D eigenvalue weighted by Crippen LogP contribution is -2.40. The molecule has 0 atom stereocenters. The van der Waals surface area contributed by atoms with Gasteiger partial charge in [0.25, 0.3) is 0 Å². The van der Waals surface area contributed by atoms with E-state index in [9.17, 15) is 14.4 Å². The van der Waals surface area contributed by atoms with Crippen molar-refractivity contribution < 1.29 is 14.4 Å². The fourth-order valence-corrected chi connectivity index (χ4v) is 2.95. The average molecular weight is 351 g/mol. The number of benzene rings is 2. The molecule has 0 saturated carbocycles. The Morgan fingerprint density at radius 1 is 0.846 bits per heavy atom. The van der Waals surface area contributed by atoms with Gasteiger partial charge in [0.05, 0.1) is 13.2 Å². The first-order chi connectivity index (χ1) is 12.5. The molecule has 1 saturated heterocycles. The molecule has 0 N–H and O–H groups in total. The minimum absolute atomic E-state index is 0.0725. The van der Waals surface area contributed by atoms with Crippen molar-refractivity contribution in [3.05, 3.63) is 71.3 Å². The first kappa shape index (κ1) is 17.8. The second-order valence-electron chi connectivity index (χ2n) is 6.47. The van der Waals surface area contributed by atoms with Gasteiger partial charge in [0.2, 0.25) is 0 Å². The molecular formula is C20H21N3O3. The van der Waals surface area contributed by atoms with E-state index in [1.807, 2.05) is 73.5 Å². The van der Waals surface area contributed by atoms with Gasteiger partial charge in [-0.15, -0.1) is 0 Å². The Kier molecular flexibility index (Phi) is 5.14. The predicted octanol–water partition coefficient (Wildman–Crippen LogP) is 2.38. The number of amides is 4. The second-order valence-corrected chi connectivity index (χ2v) is 6.47. The highest BCUT2D eigenvalue weighted by Crippen LogP contribution is 2.17. The number of rotatable bonds is 6. The molecule has 3 rings (SSSR count). The van der Waals surface area contributed by atoms with Crippen molar-refractivity contribution in [2.45, 2.75) is 20.0 Å². The van der Waals surface area contributed by atoms with Crippen molar-refractivity contribution in [1.82, 2.24) is 14.7 Å². The zero-order valence-electron chi connectivity index (χ0n) is 14.9. The quantitative estimate of drug-likeness (QED) is 0.592. The Bertz CT molecular complexity index is 835. The molecule has 0 radical (unpaired) electrons. The van der Waals surface area contributed by atoms with Crippen molar-refractivity contribution in [2.75, 3.05) is 13.7 Å². The van der Waals surface area contributed by atoms with E-state index in [0.29, 0.717) is 6.54 Å². The summed E-state index contributed by atoms with van der Waals surface area (Å²) in [5.74, 6) is -1.55. The maximum Gasteiger partial charge on any atom is 0.335 e.